The maximum absolute atomic E-state index is 12.2. The lowest BCUT2D eigenvalue weighted by Crippen LogP contribution is -2.46. The number of hydrogen-bond donors (Lipinski definition) is 2. The standard InChI is InChI=1S/C19H22ClN3O3S/c20-15-5-3-14(4-6-15)12-21-18(24)19(25)22-13-16(17-2-1-11-27-17)23-7-9-26-10-8-23/h1-6,11,16H,7-10,12-13H2,(H,21,24)(H,22,25)/t16-/m1/s1. The molecule has 0 radical (unpaired) electrons. The fraction of sp³-hybridized carbons (Fsp3) is 0.368. The van der Waals surface area contributed by atoms with Gasteiger partial charge in [0, 0.05) is 36.1 Å². The van der Waals surface area contributed by atoms with Crippen molar-refractivity contribution in [3.8, 4) is 0 Å². The molecule has 2 amide bonds. The number of morpholine rings is 1. The number of nitrogens with one attached hydrogen (secondary N) is 2. The molecule has 1 aliphatic rings. The van der Waals surface area contributed by atoms with E-state index in [0.29, 0.717) is 24.8 Å². The smallest absolute Gasteiger partial charge is 0.309 e. The number of carbonyl (C=O) groups excluding carboxylic acids is 2. The van der Waals surface area contributed by atoms with Gasteiger partial charge >= 0.3 is 11.8 Å². The van der Waals surface area contributed by atoms with Crippen molar-refractivity contribution in [3.05, 3.63) is 57.2 Å². The van der Waals surface area contributed by atoms with Gasteiger partial charge in [0.2, 0.25) is 0 Å². The molecular weight excluding hydrogens is 386 g/mol. The highest BCUT2D eigenvalue weighted by molar-refractivity contribution is 7.10. The molecule has 0 aliphatic carbocycles. The Labute approximate surface area is 167 Å². The average Bonchev–Trinajstić information content (AvgIpc) is 3.22. The van der Waals surface area contributed by atoms with Crippen LogP contribution in [0, 0.1) is 0 Å². The van der Waals surface area contributed by atoms with Crippen molar-refractivity contribution in [2.24, 2.45) is 0 Å². The molecule has 0 bridgehead atoms. The highest BCUT2D eigenvalue weighted by Gasteiger charge is 2.25. The second-order valence-electron chi connectivity index (χ2n) is 6.20. The Kier molecular flexibility index (Phi) is 7.23. The van der Waals surface area contributed by atoms with Crippen LogP contribution < -0.4 is 10.6 Å². The Morgan fingerprint density at radius 3 is 2.48 bits per heavy atom. The Balaban J connectivity index is 1.52. The summed E-state index contributed by atoms with van der Waals surface area (Å²) in [6, 6.07) is 11.2. The maximum atomic E-state index is 12.2. The van der Waals surface area contributed by atoms with E-state index in [0.717, 1.165) is 18.7 Å². The topological polar surface area (TPSA) is 70.7 Å². The summed E-state index contributed by atoms with van der Waals surface area (Å²) in [5.74, 6) is -1.27. The molecule has 2 aromatic rings. The fourth-order valence-corrected chi connectivity index (χ4v) is 3.90. The molecule has 8 heteroatoms. The molecule has 1 fully saturated rings. The molecule has 1 aromatic carbocycles. The Morgan fingerprint density at radius 1 is 1.11 bits per heavy atom. The molecular formula is C19H22ClN3O3S. The second-order valence-corrected chi connectivity index (χ2v) is 7.61. The Bertz CT molecular complexity index is 746. The first-order chi connectivity index (χ1) is 13.1. The molecule has 2 heterocycles. The van der Waals surface area contributed by atoms with Gasteiger partial charge in [-0.3, -0.25) is 14.5 Å². The van der Waals surface area contributed by atoms with Gasteiger partial charge in [-0.1, -0.05) is 29.8 Å². The minimum Gasteiger partial charge on any atom is -0.379 e. The van der Waals surface area contributed by atoms with Crippen molar-refractivity contribution < 1.29 is 14.3 Å². The first-order valence-electron chi connectivity index (χ1n) is 8.79. The highest BCUT2D eigenvalue weighted by Crippen LogP contribution is 2.25. The van der Waals surface area contributed by atoms with Crippen LogP contribution in [0.4, 0.5) is 0 Å². The molecule has 1 aromatic heterocycles. The van der Waals surface area contributed by atoms with Crippen molar-refractivity contribution in [3.63, 3.8) is 0 Å². The van der Waals surface area contributed by atoms with E-state index < -0.39 is 11.8 Å². The van der Waals surface area contributed by atoms with Gasteiger partial charge in [0.15, 0.2) is 0 Å². The van der Waals surface area contributed by atoms with Crippen molar-refractivity contribution >= 4 is 34.8 Å². The van der Waals surface area contributed by atoms with E-state index >= 15 is 0 Å². The minimum atomic E-state index is -0.642. The summed E-state index contributed by atoms with van der Waals surface area (Å²) < 4.78 is 5.41. The first-order valence-corrected chi connectivity index (χ1v) is 10.0. The number of benzene rings is 1. The van der Waals surface area contributed by atoms with Gasteiger partial charge in [-0.2, -0.15) is 0 Å². The zero-order valence-electron chi connectivity index (χ0n) is 14.8. The number of thiophene rings is 1. The van der Waals surface area contributed by atoms with Gasteiger partial charge in [0.05, 0.1) is 19.3 Å². The maximum Gasteiger partial charge on any atom is 0.309 e. The van der Waals surface area contributed by atoms with Crippen molar-refractivity contribution in [1.82, 2.24) is 15.5 Å². The Hall–Kier alpha value is -1.93. The van der Waals surface area contributed by atoms with Gasteiger partial charge in [-0.25, -0.2) is 0 Å². The first kappa shape index (κ1) is 19.8. The molecule has 144 valence electrons. The monoisotopic (exact) mass is 407 g/mol. The molecule has 27 heavy (non-hydrogen) atoms. The number of hydrogen-bond acceptors (Lipinski definition) is 5. The third-order valence-corrected chi connectivity index (χ3v) is 5.61. The van der Waals surface area contributed by atoms with Gasteiger partial charge in [0.1, 0.15) is 0 Å². The van der Waals surface area contributed by atoms with Crippen molar-refractivity contribution in [2.45, 2.75) is 12.6 Å². The van der Waals surface area contributed by atoms with Gasteiger partial charge in [-0.15, -0.1) is 11.3 Å². The van der Waals surface area contributed by atoms with E-state index in [9.17, 15) is 9.59 Å². The number of halogens is 1. The number of nitrogens with zero attached hydrogens (tertiary/aromatic N) is 1. The lowest BCUT2D eigenvalue weighted by molar-refractivity contribution is -0.139. The molecule has 1 aliphatic heterocycles. The fourth-order valence-electron chi connectivity index (χ4n) is 2.91. The molecule has 0 unspecified atom stereocenters. The lowest BCUT2D eigenvalue weighted by atomic mass is 10.2. The van der Waals surface area contributed by atoms with E-state index in [-0.39, 0.29) is 12.6 Å². The summed E-state index contributed by atoms with van der Waals surface area (Å²) in [7, 11) is 0. The summed E-state index contributed by atoms with van der Waals surface area (Å²) in [4.78, 5) is 27.7. The average molecular weight is 408 g/mol. The van der Waals surface area contributed by atoms with E-state index in [1.807, 2.05) is 23.6 Å². The van der Waals surface area contributed by atoms with E-state index in [1.54, 1.807) is 23.5 Å². The summed E-state index contributed by atoms with van der Waals surface area (Å²) >= 11 is 7.49. The van der Waals surface area contributed by atoms with E-state index in [2.05, 4.69) is 21.6 Å². The predicted molar refractivity (Wildman–Crippen MR) is 106 cm³/mol. The molecule has 1 atom stereocenters. The van der Waals surface area contributed by atoms with Crippen molar-refractivity contribution in [2.75, 3.05) is 32.8 Å². The quantitative estimate of drug-likeness (QED) is 0.720. The van der Waals surface area contributed by atoms with Gasteiger partial charge in [0.25, 0.3) is 0 Å². The third-order valence-electron chi connectivity index (χ3n) is 4.39. The van der Waals surface area contributed by atoms with E-state index in [1.165, 1.54) is 4.88 Å². The van der Waals surface area contributed by atoms with Crippen LogP contribution in [-0.4, -0.2) is 49.6 Å². The molecule has 1 saturated heterocycles. The summed E-state index contributed by atoms with van der Waals surface area (Å²) in [6.07, 6.45) is 0. The van der Waals surface area contributed by atoms with Crippen LogP contribution in [-0.2, 0) is 20.9 Å². The highest BCUT2D eigenvalue weighted by atomic mass is 35.5. The Morgan fingerprint density at radius 2 is 1.81 bits per heavy atom. The second kappa shape index (κ2) is 9.85. The van der Waals surface area contributed by atoms with Gasteiger partial charge < -0.3 is 15.4 Å². The minimum absolute atomic E-state index is 0.0434. The summed E-state index contributed by atoms with van der Waals surface area (Å²) in [6.45, 7) is 3.63. The van der Waals surface area contributed by atoms with Crippen LogP contribution in [0.3, 0.4) is 0 Å². The summed E-state index contributed by atoms with van der Waals surface area (Å²) in [5, 5.41) is 8.04. The van der Waals surface area contributed by atoms with Gasteiger partial charge in [-0.05, 0) is 29.1 Å². The van der Waals surface area contributed by atoms with Crippen LogP contribution in [0.2, 0.25) is 5.02 Å². The van der Waals surface area contributed by atoms with E-state index in [4.69, 9.17) is 16.3 Å². The zero-order valence-corrected chi connectivity index (χ0v) is 16.4. The van der Waals surface area contributed by atoms with Crippen molar-refractivity contribution in [1.29, 1.82) is 0 Å². The number of amides is 2. The number of ether oxygens (including phenoxy) is 1. The number of rotatable bonds is 6. The molecule has 6 nitrogen and oxygen atoms in total. The van der Waals surface area contributed by atoms with Crippen LogP contribution in [0.25, 0.3) is 0 Å². The third kappa shape index (κ3) is 5.77. The zero-order chi connectivity index (χ0) is 19.1. The van der Waals surface area contributed by atoms with Crippen LogP contribution in [0.5, 0.6) is 0 Å². The summed E-state index contributed by atoms with van der Waals surface area (Å²) in [5.41, 5.74) is 0.880. The molecule has 3 rings (SSSR count). The largest absolute Gasteiger partial charge is 0.379 e. The number of carbonyl (C=O) groups is 2. The van der Waals surface area contributed by atoms with Crippen LogP contribution >= 0.6 is 22.9 Å². The normalized spacial score (nSPS) is 15.9. The molecule has 2 N–H and O–H groups in total. The predicted octanol–water partition coefficient (Wildman–Crippen LogP) is 2.21. The molecule has 0 spiro atoms. The SMILES string of the molecule is O=C(NCc1ccc(Cl)cc1)C(=O)NC[C@H](c1cccs1)N1CCOCC1. The van der Waals surface area contributed by atoms with Crippen LogP contribution in [0.15, 0.2) is 41.8 Å². The lowest BCUT2D eigenvalue weighted by Gasteiger charge is -2.34. The molecule has 0 saturated carbocycles. The van der Waals surface area contributed by atoms with Crippen LogP contribution in [0.1, 0.15) is 16.5 Å².